The number of hydrogen-bond acceptors (Lipinski definition) is 5. The number of benzene rings is 1. The number of nitro groups is 1. The van der Waals surface area contributed by atoms with E-state index in [0.717, 1.165) is 12.1 Å². The zero-order valence-corrected chi connectivity index (χ0v) is 12.6. The van der Waals surface area contributed by atoms with Gasteiger partial charge in [-0.25, -0.2) is 4.68 Å². The third-order valence-electron chi connectivity index (χ3n) is 2.81. The van der Waals surface area contributed by atoms with E-state index in [1.165, 1.54) is 19.2 Å². The Morgan fingerprint density at radius 2 is 2.30 bits per heavy atom. The van der Waals surface area contributed by atoms with Crippen molar-refractivity contribution in [2.45, 2.75) is 18.2 Å². The predicted molar refractivity (Wildman–Crippen MR) is 76.5 cm³/mol. The normalized spacial score (nSPS) is 12.2. The lowest BCUT2D eigenvalue weighted by Gasteiger charge is -2.07. The van der Waals surface area contributed by atoms with Gasteiger partial charge in [0.1, 0.15) is 5.69 Å². The third kappa shape index (κ3) is 2.79. The Morgan fingerprint density at radius 3 is 2.90 bits per heavy atom. The number of aromatic nitrogens is 3. The highest BCUT2D eigenvalue weighted by Gasteiger charge is 2.15. The molecule has 0 aliphatic rings. The Morgan fingerprint density at radius 1 is 1.55 bits per heavy atom. The highest BCUT2D eigenvalue weighted by Crippen LogP contribution is 2.29. The topological polar surface area (TPSA) is 83.1 Å². The van der Waals surface area contributed by atoms with E-state index in [2.05, 4.69) is 26.2 Å². The first kappa shape index (κ1) is 14.4. The van der Waals surface area contributed by atoms with Gasteiger partial charge in [-0.15, -0.1) is 5.10 Å². The van der Waals surface area contributed by atoms with E-state index in [4.69, 9.17) is 4.74 Å². The predicted octanol–water partition coefficient (Wildman–Crippen LogP) is 3.03. The maximum atomic E-state index is 10.8. The number of nitrogens with zero attached hydrogens (tertiary/aromatic N) is 4. The summed E-state index contributed by atoms with van der Waals surface area (Å²) in [5.74, 6) is 0.373. The van der Waals surface area contributed by atoms with Crippen LogP contribution in [0.3, 0.4) is 0 Å². The average Bonchev–Trinajstić information content (AvgIpc) is 2.95. The molecule has 2 rings (SSSR count). The van der Waals surface area contributed by atoms with E-state index in [0.29, 0.717) is 11.4 Å². The molecule has 1 unspecified atom stereocenters. The first-order chi connectivity index (χ1) is 9.56. The molecule has 20 heavy (non-hydrogen) atoms. The van der Waals surface area contributed by atoms with Gasteiger partial charge in [-0.1, -0.05) is 28.1 Å². The number of ether oxygens (including phenoxy) is 1. The van der Waals surface area contributed by atoms with Gasteiger partial charge in [0.2, 0.25) is 0 Å². The monoisotopic (exact) mass is 340 g/mol. The summed E-state index contributed by atoms with van der Waals surface area (Å²) in [5, 5.41) is 18.9. The molecule has 0 saturated carbocycles. The Bertz CT molecular complexity index is 629. The highest BCUT2D eigenvalue weighted by atomic mass is 79.9. The summed E-state index contributed by atoms with van der Waals surface area (Å²) in [5.41, 5.74) is 1.37. The standard InChI is InChI=1S/C12H13BrN4O3/c1-3-9(13)10-7-16(15-14-10)11-5-4-8(17(18)19)6-12(11)20-2/h4-7,9H,3H2,1-2H3. The van der Waals surface area contributed by atoms with Crippen molar-refractivity contribution in [1.82, 2.24) is 15.0 Å². The van der Waals surface area contributed by atoms with E-state index in [9.17, 15) is 10.1 Å². The first-order valence-corrected chi connectivity index (χ1v) is 6.87. The number of hydrogen-bond donors (Lipinski definition) is 0. The highest BCUT2D eigenvalue weighted by molar-refractivity contribution is 9.09. The number of methoxy groups -OCH3 is 1. The fourth-order valence-electron chi connectivity index (χ4n) is 1.72. The largest absolute Gasteiger partial charge is 0.494 e. The minimum atomic E-state index is -0.468. The van der Waals surface area contributed by atoms with E-state index >= 15 is 0 Å². The Labute approximate surface area is 123 Å². The second-order valence-corrected chi connectivity index (χ2v) is 5.18. The molecule has 1 heterocycles. The van der Waals surface area contributed by atoms with Crippen LogP contribution in [-0.2, 0) is 0 Å². The first-order valence-electron chi connectivity index (χ1n) is 5.96. The van der Waals surface area contributed by atoms with Crippen molar-refractivity contribution in [2.24, 2.45) is 0 Å². The number of halogens is 1. The molecule has 1 aromatic heterocycles. The van der Waals surface area contributed by atoms with Crippen molar-refractivity contribution in [1.29, 1.82) is 0 Å². The molecule has 0 aliphatic heterocycles. The molecule has 0 radical (unpaired) electrons. The zero-order valence-electron chi connectivity index (χ0n) is 11.0. The van der Waals surface area contributed by atoms with Gasteiger partial charge in [-0.3, -0.25) is 10.1 Å². The maximum absolute atomic E-state index is 10.8. The fourth-order valence-corrected chi connectivity index (χ4v) is 1.93. The molecule has 1 aromatic carbocycles. The van der Waals surface area contributed by atoms with Crippen LogP contribution in [-0.4, -0.2) is 27.0 Å². The van der Waals surface area contributed by atoms with Crippen molar-refractivity contribution >= 4 is 21.6 Å². The van der Waals surface area contributed by atoms with Crippen molar-refractivity contribution < 1.29 is 9.66 Å². The average molecular weight is 341 g/mol. The molecular formula is C12H13BrN4O3. The summed E-state index contributed by atoms with van der Waals surface area (Å²) in [4.78, 5) is 10.4. The molecule has 0 fully saturated rings. The van der Waals surface area contributed by atoms with Crippen LogP contribution < -0.4 is 4.74 Å². The smallest absolute Gasteiger partial charge is 0.273 e. The molecule has 0 aliphatic carbocycles. The van der Waals surface area contributed by atoms with Gasteiger partial charge in [0.15, 0.2) is 5.75 Å². The third-order valence-corrected chi connectivity index (χ3v) is 3.93. The molecule has 0 bridgehead atoms. The van der Waals surface area contributed by atoms with Gasteiger partial charge in [-0.2, -0.15) is 0 Å². The van der Waals surface area contributed by atoms with Crippen LogP contribution in [0.5, 0.6) is 5.75 Å². The lowest BCUT2D eigenvalue weighted by molar-refractivity contribution is -0.384. The molecule has 0 spiro atoms. The van der Waals surface area contributed by atoms with E-state index < -0.39 is 4.92 Å². The Balaban J connectivity index is 2.41. The van der Waals surface area contributed by atoms with Crippen LogP contribution in [0.2, 0.25) is 0 Å². The summed E-state index contributed by atoms with van der Waals surface area (Å²) >= 11 is 3.50. The van der Waals surface area contributed by atoms with Gasteiger partial charge in [0, 0.05) is 6.07 Å². The van der Waals surface area contributed by atoms with Crippen LogP contribution in [0.25, 0.3) is 5.69 Å². The van der Waals surface area contributed by atoms with Crippen LogP contribution in [0.1, 0.15) is 23.9 Å². The van der Waals surface area contributed by atoms with Gasteiger partial charge < -0.3 is 4.74 Å². The second kappa shape index (κ2) is 6.00. The van der Waals surface area contributed by atoms with Crippen molar-refractivity contribution in [3.63, 3.8) is 0 Å². The Kier molecular flexibility index (Phi) is 4.33. The summed E-state index contributed by atoms with van der Waals surface area (Å²) < 4.78 is 6.73. The minimum absolute atomic E-state index is 0.0298. The lowest BCUT2D eigenvalue weighted by Crippen LogP contribution is -2.00. The summed E-state index contributed by atoms with van der Waals surface area (Å²) in [6, 6.07) is 4.36. The van der Waals surface area contributed by atoms with Crippen LogP contribution in [0.15, 0.2) is 24.4 Å². The molecular weight excluding hydrogens is 328 g/mol. The van der Waals surface area contributed by atoms with Crippen LogP contribution in [0.4, 0.5) is 5.69 Å². The van der Waals surface area contributed by atoms with Gasteiger partial charge in [0.05, 0.1) is 34.8 Å². The number of nitro benzene ring substituents is 1. The Hall–Kier alpha value is -1.96. The SMILES string of the molecule is CCC(Br)c1cn(-c2ccc([N+](=O)[O-])cc2OC)nn1. The maximum Gasteiger partial charge on any atom is 0.273 e. The minimum Gasteiger partial charge on any atom is -0.494 e. The van der Waals surface area contributed by atoms with E-state index in [-0.39, 0.29) is 10.5 Å². The van der Waals surface area contributed by atoms with Crippen molar-refractivity contribution in [2.75, 3.05) is 7.11 Å². The molecule has 0 N–H and O–H groups in total. The van der Waals surface area contributed by atoms with Gasteiger partial charge in [0.25, 0.3) is 5.69 Å². The van der Waals surface area contributed by atoms with Crippen molar-refractivity contribution in [3.05, 3.63) is 40.2 Å². The summed E-state index contributed by atoms with van der Waals surface area (Å²) in [6.07, 6.45) is 2.66. The number of alkyl halides is 1. The van der Waals surface area contributed by atoms with Gasteiger partial charge in [-0.05, 0) is 12.5 Å². The van der Waals surface area contributed by atoms with E-state index in [1.807, 2.05) is 6.92 Å². The fraction of sp³-hybridized carbons (Fsp3) is 0.333. The van der Waals surface area contributed by atoms with Crippen LogP contribution >= 0.6 is 15.9 Å². The molecule has 106 valence electrons. The number of non-ortho nitro benzene ring substituents is 1. The molecule has 1 atom stereocenters. The molecule has 7 nitrogen and oxygen atoms in total. The quantitative estimate of drug-likeness (QED) is 0.474. The summed E-state index contributed by atoms with van der Waals surface area (Å²) in [7, 11) is 1.46. The molecule has 8 heteroatoms. The second-order valence-electron chi connectivity index (χ2n) is 4.08. The zero-order chi connectivity index (χ0) is 14.7. The molecule has 0 saturated heterocycles. The van der Waals surface area contributed by atoms with Crippen LogP contribution in [0, 0.1) is 10.1 Å². The molecule has 0 amide bonds. The van der Waals surface area contributed by atoms with Gasteiger partial charge >= 0.3 is 0 Å². The molecule has 2 aromatic rings. The van der Waals surface area contributed by atoms with Crippen molar-refractivity contribution in [3.8, 4) is 11.4 Å². The lowest BCUT2D eigenvalue weighted by atomic mass is 10.2. The number of rotatable bonds is 5. The van der Waals surface area contributed by atoms with E-state index in [1.54, 1.807) is 16.9 Å². The summed E-state index contributed by atoms with van der Waals surface area (Å²) in [6.45, 7) is 2.03.